The van der Waals surface area contributed by atoms with Gasteiger partial charge in [-0.25, -0.2) is 4.39 Å². The van der Waals surface area contributed by atoms with Crippen molar-refractivity contribution in [3.63, 3.8) is 0 Å². The van der Waals surface area contributed by atoms with Gasteiger partial charge < -0.3 is 10.6 Å². The van der Waals surface area contributed by atoms with Crippen molar-refractivity contribution in [3.05, 3.63) is 46.7 Å². The van der Waals surface area contributed by atoms with Crippen LogP contribution in [0.15, 0.2) is 30.3 Å². The molecular formula is C15H16ClFN4O. The summed E-state index contributed by atoms with van der Waals surface area (Å²) in [6.07, 6.45) is 0. The summed E-state index contributed by atoms with van der Waals surface area (Å²) in [5, 5.41) is 13.4. The molecular weight excluding hydrogens is 307 g/mol. The summed E-state index contributed by atoms with van der Waals surface area (Å²) in [5.41, 5.74) is -0.215. The number of amides is 1. The number of aromatic nitrogens is 2. The predicted octanol–water partition coefficient (Wildman–Crippen LogP) is 3.59. The fourth-order valence-electron chi connectivity index (χ4n) is 1.70. The van der Waals surface area contributed by atoms with Crippen LogP contribution in [0.5, 0.6) is 0 Å². The zero-order valence-corrected chi connectivity index (χ0v) is 13.0. The van der Waals surface area contributed by atoms with E-state index >= 15 is 0 Å². The molecule has 2 aromatic rings. The Kier molecular flexibility index (Phi) is 5.27. The number of hydrogen-bond acceptors (Lipinski definition) is 4. The maximum absolute atomic E-state index is 13.7. The molecule has 1 heterocycles. The van der Waals surface area contributed by atoms with Gasteiger partial charge in [0.2, 0.25) is 0 Å². The SMILES string of the molecule is CC(C)CNc1ccc(NC(=O)c2c(F)cccc2Cl)nn1. The first kappa shape index (κ1) is 16.2. The number of anilines is 2. The summed E-state index contributed by atoms with van der Waals surface area (Å²) >= 11 is 5.84. The Labute approximate surface area is 132 Å². The first-order valence-electron chi connectivity index (χ1n) is 6.80. The molecule has 0 unspecified atom stereocenters. The third-order valence-electron chi connectivity index (χ3n) is 2.79. The molecule has 0 atom stereocenters. The summed E-state index contributed by atoms with van der Waals surface area (Å²) in [6, 6.07) is 7.33. The largest absolute Gasteiger partial charge is 0.368 e. The number of halogens is 2. The molecule has 22 heavy (non-hydrogen) atoms. The highest BCUT2D eigenvalue weighted by Gasteiger charge is 2.16. The van der Waals surface area contributed by atoms with Gasteiger partial charge in [-0.3, -0.25) is 4.79 Å². The highest BCUT2D eigenvalue weighted by atomic mass is 35.5. The van der Waals surface area contributed by atoms with Gasteiger partial charge >= 0.3 is 0 Å². The molecule has 0 aliphatic rings. The molecule has 0 bridgehead atoms. The Morgan fingerprint density at radius 1 is 1.23 bits per heavy atom. The van der Waals surface area contributed by atoms with Gasteiger partial charge in [0.05, 0.1) is 10.6 Å². The van der Waals surface area contributed by atoms with Gasteiger partial charge in [-0.2, -0.15) is 0 Å². The molecule has 0 saturated carbocycles. The van der Waals surface area contributed by atoms with Crippen molar-refractivity contribution in [1.82, 2.24) is 10.2 Å². The van der Waals surface area contributed by atoms with Gasteiger partial charge in [0.25, 0.3) is 5.91 Å². The number of rotatable bonds is 5. The van der Waals surface area contributed by atoms with E-state index in [1.165, 1.54) is 18.2 Å². The third-order valence-corrected chi connectivity index (χ3v) is 3.10. The molecule has 0 radical (unpaired) electrons. The Balaban J connectivity index is 2.06. The van der Waals surface area contributed by atoms with E-state index < -0.39 is 11.7 Å². The van der Waals surface area contributed by atoms with Crippen LogP contribution in [0.1, 0.15) is 24.2 Å². The van der Waals surface area contributed by atoms with Crippen molar-refractivity contribution in [2.24, 2.45) is 5.92 Å². The lowest BCUT2D eigenvalue weighted by molar-refractivity contribution is 0.102. The minimum Gasteiger partial charge on any atom is -0.368 e. The van der Waals surface area contributed by atoms with E-state index in [1.54, 1.807) is 12.1 Å². The topological polar surface area (TPSA) is 66.9 Å². The summed E-state index contributed by atoms with van der Waals surface area (Å²) in [4.78, 5) is 12.0. The van der Waals surface area contributed by atoms with Crippen LogP contribution in [0.25, 0.3) is 0 Å². The number of carbonyl (C=O) groups is 1. The van der Waals surface area contributed by atoms with E-state index in [4.69, 9.17) is 11.6 Å². The Morgan fingerprint density at radius 2 is 1.91 bits per heavy atom. The molecule has 2 N–H and O–H groups in total. The summed E-state index contributed by atoms with van der Waals surface area (Å²) in [6.45, 7) is 4.92. The van der Waals surface area contributed by atoms with Crippen molar-refractivity contribution >= 4 is 29.1 Å². The molecule has 2 rings (SSSR count). The minimum atomic E-state index is -0.687. The second-order valence-electron chi connectivity index (χ2n) is 5.13. The second-order valence-corrected chi connectivity index (χ2v) is 5.54. The van der Waals surface area contributed by atoms with Crippen LogP contribution in [0, 0.1) is 11.7 Å². The van der Waals surface area contributed by atoms with Gasteiger partial charge in [-0.1, -0.05) is 31.5 Å². The van der Waals surface area contributed by atoms with E-state index in [0.29, 0.717) is 11.7 Å². The number of carbonyl (C=O) groups excluding carboxylic acids is 1. The highest BCUT2D eigenvalue weighted by molar-refractivity contribution is 6.34. The zero-order valence-electron chi connectivity index (χ0n) is 12.2. The quantitative estimate of drug-likeness (QED) is 0.882. The van der Waals surface area contributed by atoms with Crippen LogP contribution < -0.4 is 10.6 Å². The van der Waals surface area contributed by atoms with Gasteiger partial charge in [0.15, 0.2) is 5.82 Å². The number of hydrogen-bond donors (Lipinski definition) is 2. The number of benzene rings is 1. The predicted molar refractivity (Wildman–Crippen MR) is 84.7 cm³/mol. The van der Waals surface area contributed by atoms with E-state index in [2.05, 4.69) is 34.7 Å². The van der Waals surface area contributed by atoms with Crippen LogP contribution in [-0.2, 0) is 0 Å². The lowest BCUT2D eigenvalue weighted by Gasteiger charge is -2.09. The van der Waals surface area contributed by atoms with Crippen molar-refractivity contribution < 1.29 is 9.18 Å². The Bertz CT molecular complexity index is 641. The normalized spacial score (nSPS) is 10.6. The van der Waals surface area contributed by atoms with Gasteiger partial charge in [0.1, 0.15) is 11.6 Å². The monoisotopic (exact) mass is 322 g/mol. The van der Waals surface area contributed by atoms with E-state index in [9.17, 15) is 9.18 Å². The fourth-order valence-corrected chi connectivity index (χ4v) is 1.94. The summed E-state index contributed by atoms with van der Waals surface area (Å²) in [5.74, 6) is -0.0483. The van der Waals surface area contributed by atoms with E-state index in [-0.39, 0.29) is 16.4 Å². The number of nitrogens with zero attached hydrogens (tertiary/aromatic N) is 2. The Morgan fingerprint density at radius 3 is 2.50 bits per heavy atom. The molecule has 0 aliphatic carbocycles. The van der Waals surface area contributed by atoms with Gasteiger partial charge in [0, 0.05) is 6.54 Å². The maximum Gasteiger partial charge on any atom is 0.261 e. The molecule has 116 valence electrons. The molecule has 0 aliphatic heterocycles. The van der Waals surface area contributed by atoms with Crippen LogP contribution in [-0.4, -0.2) is 22.6 Å². The molecule has 1 aromatic heterocycles. The molecule has 5 nitrogen and oxygen atoms in total. The standard InChI is InChI=1S/C15H16ClFN4O/c1-9(2)8-18-12-6-7-13(21-20-12)19-15(22)14-10(16)4-3-5-11(14)17/h3-7,9H,8H2,1-2H3,(H,18,20)(H,19,21,22). The zero-order chi connectivity index (χ0) is 16.1. The second kappa shape index (κ2) is 7.17. The smallest absolute Gasteiger partial charge is 0.261 e. The third kappa shape index (κ3) is 4.14. The van der Waals surface area contributed by atoms with Crippen molar-refractivity contribution in [2.75, 3.05) is 17.2 Å². The number of nitrogens with one attached hydrogen (secondary N) is 2. The first-order chi connectivity index (χ1) is 10.5. The molecule has 7 heteroatoms. The van der Waals surface area contributed by atoms with Gasteiger partial charge in [-0.15, -0.1) is 10.2 Å². The maximum atomic E-state index is 13.7. The summed E-state index contributed by atoms with van der Waals surface area (Å²) < 4.78 is 13.7. The van der Waals surface area contributed by atoms with Crippen molar-refractivity contribution in [2.45, 2.75) is 13.8 Å². The van der Waals surface area contributed by atoms with Crippen LogP contribution in [0.2, 0.25) is 5.02 Å². The van der Waals surface area contributed by atoms with Crippen LogP contribution in [0.4, 0.5) is 16.0 Å². The average Bonchev–Trinajstić information content (AvgIpc) is 2.46. The summed E-state index contributed by atoms with van der Waals surface area (Å²) in [7, 11) is 0. The highest BCUT2D eigenvalue weighted by Crippen LogP contribution is 2.20. The van der Waals surface area contributed by atoms with Crippen molar-refractivity contribution in [1.29, 1.82) is 0 Å². The molecule has 0 fully saturated rings. The van der Waals surface area contributed by atoms with E-state index in [1.807, 2.05) is 0 Å². The van der Waals surface area contributed by atoms with Crippen LogP contribution in [0.3, 0.4) is 0 Å². The Hall–Kier alpha value is -2.21. The van der Waals surface area contributed by atoms with Crippen molar-refractivity contribution in [3.8, 4) is 0 Å². The van der Waals surface area contributed by atoms with Crippen LogP contribution >= 0.6 is 11.6 Å². The fraction of sp³-hybridized carbons (Fsp3) is 0.267. The minimum absolute atomic E-state index is 0.0423. The lowest BCUT2D eigenvalue weighted by atomic mass is 10.2. The average molecular weight is 323 g/mol. The first-order valence-corrected chi connectivity index (χ1v) is 7.18. The molecule has 1 aromatic carbocycles. The molecule has 1 amide bonds. The van der Waals surface area contributed by atoms with E-state index in [0.717, 1.165) is 6.54 Å². The van der Waals surface area contributed by atoms with Gasteiger partial charge in [-0.05, 0) is 30.2 Å². The lowest BCUT2D eigenvalue weighted by Crippen LogP contribution is -2.16. The molecule has 0 saturated heterocycles. The molecule has 0 spiro atoms.